The van der Waals surface area contributed by atoms with E-state index in [1.807, 2.05) is 24.3 Å². The van der Waals surface area contributed by atoms with E-state index in [0.29, 0.717) is 11.7 Å². The van der Waals surface area contributed by atoms with Crippen molar-refractivity contribution < 1.29 is 4.39 Å². The van der Waals surface area contributed by atoms with Gasteiger partial charge in [-0.25, -0.2) is 4.39 Å². The van der Waals surface area contributed by atoms with Crippen molar-refractivity contribution in [2.24, 2.45) is 0 Å². The van der Waals surface area contributed by atoms with Gasteiger partial charge in [0.25, 0.3) is 0 Å². The maximum Gasteiger partial charge on any atom is 0.196 e. The number of para-hydroxylation sites is 1. The first-order chi connectivity index (χ1) is 11.3. The number of benzene rings is 2. The first-order valence-corrected chi connectivity index (χ1v) is 8.68. The predicted octanol–water partition coefficient (Wildman–Crippen LogP) is 4.58. The molecule has 0 bridgehead atoms. The Morgan fingerprint density at radius 3 is 2.61 bits per heavy atom. The van der Waals surface area contributed by atoms with E-state index in [0.717, 1.165) is 22.2 Å². The van der Waals surface area contributed by atoms with Gasteiger partial charge in [0.15, 0.2) is 5.16 Å². The number of rotatable bonds is 5. The number of hydrogen-bond donors (Lipinski definition) is 0. The van der Waals surface area contributed by atoms with Crippen LogP contribution in [0.25, 0.3) is 5.69 Å². The Balaban J connectivity index is 1.63. The molecule has 0 N–H and O–H groups in total. The van der Waals surface area contributed by atoms with E-state index in [1.54, 1.807) is 23.9 Å². The van der Waals surface area contributed by atoms with Gasteiger partial charge in [-0.05, 0) is 42.7 Å². The monoisotopic (exact) mass is 325 g/mol. The second-order valence-corrected chi connectivity index (χ2v) is 6.65. The van der Waals surface area contributed by atoms with Crippen LogP contribution >= 0.6 is 11.8 Å². The zero-order chi connectivity index (χ0) is 15.6. The van der Waals surface area contributed by atoms with Crippen molar-refractivity contribution >= 4 is 11.8 Å². The van der Waals surface area contributed by atoms with Gasteiger partial charge >= 0.3 is 0 Å². The molecule has 1 saturated carbocycles. The van der Waals surface area contributed by atoms with E-state index in [2.05, 4.69) is 26.9 Å². The summed E-state index contributed by atoms with van der Waals surface area (Å²) in [6.07, 6.45) is 2.36. The van der Waals surface area contributed by atoms with Crippen molar-refractivity contribution in [1.82, 2.24) is 14.8 Å². The molecule has 0 spiro atoms. The Morgan fingerprint density at radius 2 is 1.87 bits per heavy atom. The van der Waals surface area contributed by atoms with E-state index < -0.39 is 0 Å². The lowest BCUT2D eigenvalue weighted by molar-refractivity contribution is 0.626. The lowest BCUT2D eigenvalue weighted by atomic mass is 10.2. The fourth-order valence-electron chi connectivity index (χ4n) is 2.58. The van der Waals surface area contributed by atoms with Crippen LogP contribution in [-0.2, 0) is 5.75 Å². The Morgan fingerprint density at radius 1 is 1.04 bits per heavy atom. The molecular weight excluding hydrogens is 309 g/mol. The zero-order valence-electron chi connectivity index (χ0n) is 12.5. The summed E-state index contributed by atoms with van der Waals surface area (Å²) in [5.74, 6) is 2.03. The summed E-state index contributed by atoms with van der Waals surface area (Å²) in [5, 5.41) is 9.64. The fourth-order valence-corrected chi connectivity index (χ4v) is 3.48. The van der Waals surface area contributed by atoms with Crippen molar-refractivity contribution in [1.29, 1.82) is 0 Å². The van der Waals surface area contributed by atoms with E-state index >= 15 is 0 Å². The van der Waals surface area contributed by atoms with Crippen LogP contribution in [0, 0.1) is 5.82 Å². The minimum absolute atomic E-state index is 0.203. The predicted molar refractivity (Wildman–Crippen MR) is 89.3 cm³/mol. The van der Waals surface area contributed by atoms with Crippen molar-refractivity contribution in [2.45, 2.75) is 29.7 Å². The van der Waals surface area contributed by atoms with Gasteiger partial charge in [-0.3, -0.25) is 4.57 Å². The summed E-state index contributed by atoms with van der Waals surface area (Å²) >= 11 is 1.59. The molecule has 0 radical (unpaired) electrons. The molecule has 3 nitrogen and oxygen atoms in total. The topological polar surface area (TPSA) is 30.7 Å². The van der Waals surface area contributed by atoms with Crippen LogP contribution in [0.3, 0.4) is 0 Å². The first kappa shape index (κ1) is 14.5. The fraction of sp³-hybridized carbons (Fsp3) is 0.222. The van der Waals surface area contributed by atoms with Crippen LogP contribution in [-0.4, -0.2) is 14.8 Å². The van der Waals surface area contributed by atoms with Gasteiger partial charge in [0.1, 0.15) is 11.6 Å². The highest BCUT2D eigenvalue weighted by Gasteiger charge is 2.30. The molecule has 116 valence electrons. The molecule has 0 atom stereocenters. The van der Waals surface area contributed by atoms with Gasteiger partial charge in [0.2, 0.25) is 0 Å². The maximum absolute atomic E-state index is 13.3. The number of aromatic nitrogens is 3. The molecule has 1 aliphatic rings. The van der Waals surface area contributed by atoms with Gasteiger partial charge in [0.05, 0.1) is 0 Å². The number of hydrogen-bond acceptors (Lipinski definition) is 3. The largest absolute Gasteiger partial charge is 0.274 e. The van der Waals surface area contributed by atoms with E-state index in [-0.39, 0.29) is 5.82 Å². The summed E-state index contributed by atoms with van der Waals surface area (Å²) in [4.78, 5) is 0. The second kappa shape index (κ2) is 6.16. The van der Waals surface area contributed by atoms with Crippen LogP contribution in [0.4, 0.5) is 4.39 Å². The molecule has 1 aromatic heterocycles. The highest BCUT2D eigenvalue weighted by atomic mass is 32.2. The normalized spacial score (nSPS) is 14.1. The molecule has 0 aliphatic heterocycles. The standard InChI is InChI=1S/C18H16FN3S/c19-15-6-4-5-13(11-15)12-23-18-21-20-17(14-9-10-14)22(18)16-7-2-1-3-8-16/h1-8,11,14H,9-10,12H2. The first-order valence-electron chi connectivity index (χ1n) is 7.69. The Hall–Kier alpha value is -2.14. The molecule has 1 fully saturated rings. The number of thioether (sulfide) groups is 1. The second-order valence-electron chi connectivity index (χ2n) is 5.70. The Bertz CT molecular complexity index is 812. The minimum atomic E-state index is -0.203. The summed E-state index contributed by atoms with van der Waals surface area (Å²) in [5.41, 5.74) is 2.03. The number of halogens is 1. The molecule has 2 aromatic carbocycles. The minimum Gasteiger partial charge on any atom is -0.274 e. The van der Waals surface area contributed by atoms with Gasteiger partial charge in [-0.2, -0.15) is 0 Å². The summed E-state index contributed by atoms with van der Waals surface area (Å²) in [6.45, 7) is 0. The summed E-state index contributed by atoms with van der Waals surface area (Å²) in [7, 11) is 0. The molecule has 0 saturated heterocycles. The van der Waals surface area contributed by atoms with Crippen molar-refractivity contribution in [3.8, 4) is 5.69 Å². The number of nitrogens with zero attached hydrogens (tertiary/aromatic N) is 3. The lowest BCUT2D eigenvalue weighted by Crippen LogP contribution is -2.01. The molecular formula is C18H16FN3S. The van der Waals surface area contributed by atoms with E-state index in [4.69, 9.17) is 0 Å². The van der Waals surface area contributed by atoms with E-state index in [9.17, 15) is 4.39 Å². The van der Waals surface area contributed by atoms with Crippen molar-refractivity contribution in [2.75, 3.05) is 0 Å². The molecule has 23 heavy (non-hydrogen) atoms. The van der Waals surface area contributed by atoms with Crippen LogP contribution in [0.15, 0.2) is 59.8 Å². The Kier molecular flexibility index (Phi) is 3.87. The zero-order valence-corrected chi connectivity index (χ0v) is 13.3. The van der Waals surface area contributed by atoms with Crippen molar-refractivity contribution in [3.63, 3.8) is 0 Å². The third-order valence-corrected chi connectivity index (χ3v) is 4.87. The highest BCUT2D eigenvalue weighted by molar-refractivity contribution is 7.98. The van der Waals surface area contributed by atoms with Crippen LogP contribution in [0.2, 0.25) is 0 Å². The van der Waals surface area contributed by atoms with Crippen molar-refractivity contribution in [3.05, 3.63) is 71.8 Å². The van der Waals surface area contributed by atoms with E-state index in [1.165, 1.54) is 18.9 Å². The maximum atomic E-state index is 13.3. The molecule has 3 aromatic rings. The third kappa shape index (κ3) is 3.15. The third-order valence-electron chi connectivity index (χ3n) is 3.87. The Labute approximate surface area is 138 Å². The van der Waals surface area contributed by atoms with Gasteiger partial charge in [-0.15, -0.1) is 10.2 Å². The summed E-state index contributed by atoms with van der Waals surface area (Å²) in [6, 6.07) is 16.9. The molecule has 4 rings (SSSR count). The SMILES string of the molecule is Fc1cccc(CSc2nnc(C3CC3)n2-c2ccccc2)c1. The van der Waals surface area contributed by atoms with Gasteiger partial charge in [0, 0.05) is 17.4 Å². The van der Waals surface area contributed by atoms with Gasteiger partial charge < -0.3 is 0 Å². The molecule has 0 amide bonds. The van der Waals surface area contributed by atoms with Crippen LogP contribution in [0.5, 0.6) is 0 Å². The average Bonchev–Trinajstić information content (AvgIpc) is 3.33. The molecule has 1 heterocycles. The molecule has 5 heteroatoms. The smallest absolute Gasteiger partial charge is 0.196 e. The molecule has 1 aliphatic carbocycles. The average molecular weight is 325 g/mol. The summed E-state index contributed by atoms with van der Waals surface area (Å²) < 4.78 is 15.5. The highest BCUT2D eigenvalue weighted by Crippen LogP contribution is 2.41. The molecule has 0 unspecified atom stereocenters. The van der Waals surface area contributed by atoms with Crippen LogP contribution in [0.1, 0.15) is 30.1 Å². The van der Waals surface area contributed by atoms with Crippen LogP contribution < -0.4 is 0 Å². The van der Waals surface area contributed by atoms with Gasteiger partial charge in [-0.1, -0.05) is 42.1 Å². The quantitative estimate of drug-likeness (QED) is 0.644. The lowest BCUT2D eigenvalue weighted by Gasteiger charge is -2.09.